The number of nitrogens with one attached hydrogen (secondary N) is 7. The van der Waals surface area contributed by atoms with Crippen LogP contribution in [0, 0.1) is 5.92 Å². The number of hydrogen-bond donors (Lipinski definition) is 16. The van der Waals surface area contributed by atoms with Crippen LogP contribution >= 0.6 is 0 Å². The van der Waals surface area contributed by atoms with E-state index in [9.17, 15) is 72.9 Å². The Morgan fingerprint density at radius 1 is 0.448 bits per heavy atom. The molecule has 1 heterocycles. The molecule has 7 amide bonds. The molecule has 105 heavy (non-hydrogen) atoms. The van der Waals surface area contributed by atoms with E-state index in [1.807, 2.05) is 0 Å². The minimum Gasteiger partial charge on any atom is -0.480 e. The zero-order chi connectivity index (χ0) is 81.5. The van der Waals surface area contributed by atoms with E-state index in [1.54, 1.807) is 110 Å². The van der Waals surface area contributed by atoms with Gasteiger partial charge in [-0.15, -0.1) is 0 Å². The molecule has 10 atom stereocenters. The van der Waals surface area contributed by atoms with Gasteiger partial charge in [-0.2, -0.15) is 0 Å². The van der Waals surface area contributed by atoms with Gasteiger partial charge in [-0.3, -0.25) is 33.8 Å². The number of alkyl carbamates (subject to hydrolysis) is 4. The van der Waals surface area contributed by atoms with Crippen LogP contribution in [0.4, 0.5) is 19.2 Å². The van der Waals surface area contributed by atoms with Gasteiger partial charge in [-0.25, -0.2) is 28.8 Å². The molecule has 0 saturated carbocycles. The van der Waals surface area contributed by atoms with E-state index >= 15 is 0 Å². The Kier molecular flexibility index (Phi) is 51.3. The van der Waals surface area contributed by atoms with Gasteiger partial charge in [0.1, 0.15) is 58.2 Å². The first-order valence-corrected chi connectivity index (χ1v) is 35.5. The molecule has 1 aliphatic heterocycles. The summed E-state index contributed by atoms with van der Waals surface area (Å²) in [5.74, 6) is -5.25. The first-order chi connectivity index (χ1) is 48.3. The molecule has 0 fully saturated rings. The van der Waals surface area contributed by atoms with Crippen molar-refractivity contribution in [1.29, 1.82) is 0 Å². The number of carbonyl (C=O) groups excluding carboxylic acids is 10. The number of carboxylic acid groups (broad SMARTS) is 2. The van der Waals surface area contributed by atoms with Gasteiger partial charge in [-0.1, -0.05) is 0 Å². The highest BCUT2D eigenvalue weighted by atomic mass is 16.6. The number of carbonyl (C=O) groups is 12. The number of amides is 7. The fourth-order valence-corrected chi connectivity index (χ4v) is 8.65. The summed E-state index contributed by atoms with van der Waals surface area (Å²) in [5.41, 5.74) is 18.4. The van der Waals surface area contributed by atoms with Crippen LogP contribution in [0.25, 0.3) is 0 Å². The number of methoxy groups -OCH3 is 2. The van der Waals surface area contributed by atoms with Gasteiger partial charge in [-0.05, 0) is 219 Å². The van der Waals surface area contributed by atoms with Crippen LogP contribution in [-0.4, -0.2) is 240 Å². The molecular formula is C69H130N12O24. The molecule has 36 nitrogen and oxygen atoms in total. The Balaban J connectivity index is -0.00000141. The topological polar surface area (TPSA) is 571 Å². The summed E-state index contributed by atoms with van der Waals surface area (Å²) < 4.78 is 35.0. The Morgan fingerprint density at radius 2 is 0.857 bits per heavy atom. The van der Waals surface area contributed by atoms with Crippen molar-refractivity contribution in [3.63, 3.8) is 0 Å². The first kappa shape index (κ1) is 101. The second kappa shape index (κ2) is 53.1. The van der Waals surface area contributed by atoms with Crippen LogP contribution in [0.15, 0.2) is 4.99 Å². The summed E-state index contributed by atoms with van der Waals surface area (Å²) in [4.78, 5) is 144. The maximum absolute atomic E-state index is 13.0. The number of nitrogens with zero attached hydrogens (tertiary/aromatic N) is 1. The van der Waals surface area contributed by atoms with Gasteiger partial charge in [0.15, 0.2) is 0 Å². The van der Waals surface area contributed by atoms with E-state index < -0.39 is 137 Å². The van der Waals surface area contributed by atoms with Crippen molar-refractivity contribution in [3.8, 4) is 0 Å². The van der Waals surface area contributed by atoms with Gasteiger partial charge in [0, 0.05) is 45.2 Å². The molecule has 0 aromatic heterocycles. The summed E-state index contributed by atoms with van der Waals surface area (Å²) in [7, 11) is 2.52. The zero-order valence-corrected chi connectivity index (χ0v) is 65.1. The van der Waals surface area contributed by atoms with Gasteiger partial charge in [0.2, 0.25) is 17.7 Å². The van der Waals surface area contributed by atoms with Crippen molar-refractivity contribution in [3.05, 3.63) is 0 Å². The highest BCUT2D eigenvalue weighted by molar-refractivity contribution is 5.86. The molecule has 0 bridgehead atoms. The third-order valence-electron chi connectivity index (χ3n) is 13.9. The normalized spacial score (nSPS) is 15.3. The number of aliphatic hydroxyl groups excluding tert-OH is 3. The standard InChI is InChI=1S/C29H53N3O10.C16H30N2O7.C13H28N4O4.C11H19N3O3/c1-27(2,3)40-22(34)17-19(14-15-20(33)18-31-25(37)41-28(4,5)6)23(35)30-16-12-11-13-21(24(36)39-10)32-26(38)42-29(7,8)9;1-15(2,3)24-13(22)17-9-10(19)7-8-11(12(20)21)18-14(23)25-16(4,5)6;1-21-13(20)11(16)4-2-3-7-17-12(19)10(15)6-5-9(18)8-14;12-8(11(16)17)4-1-2-6-14-10(15)9-5-3-7-13-9/h19-21,33H,11-18H2,1-10H3,(H,30,35)(H,31,37)(H,32,38);10-11,19H,7-9H2,1-6H3,(H,17,22)(H,18,23)(H,20,21);9-11,18H,2-8,14-16H2,1H3,(H,17,19);7-9H,1-6,12H2,(H,14,15)(H,16,17)/t19?,20?,21-;;9?,10?,11-;8-,9?/m0.00/s1. The average molecular weight is 1510 g/mol. The number of aliphatic imine (C=N–C) groups is 1. The van der Waals surface area contributed by atoms with E-state index in [-0.39, 0.29) is 88.5 Å². The van der Waals surface area contributed by atoms with Crippen LogP contribution in [0.1, 0.15) is 219 Å². The van der Waals surface area contributed by atoms with Crippen molar-refractivity contribution in [2.45, 2.75) is 302 Å². The summed E-state index contributed by atoms with van der Waals surface area (Å²) in [6.45, 7) is 26.9. The molecule has 20 N–H and O–H groups in total. The Morgan fingerprint density at radius 3 is 1.28 bits per heavy atom. The molecule has 1 rings (SSSR count). The van der Waals surface area contributed by atoms with Crippen LogP contribution in [0.2, 0.25) is 0 Å². The molecule has 0 aromatic rings. The Labute approximate surface area is 618 Å². The minimum absolute atomic E-state index is 0.0221. The zero-order valence-electron chi connectivity index (χ0n) is 65.1. The van der Waals surface area contributed by atoms with Crippen molar-refractivity contribution >= 4 is 78.2 Å². The lowest BCUT2D eigenvalue weighted by molar-refractivity contribution is -0.157. The second-order valence-electron chi connectivity index (χ2n) is 29.9. The lowest BCUT2D eigenvalue weighted by Gasteiger charge is -2.23. The van der Waals surface area contributed by atoms with Gasteiger partial charge in [0.05, 0.1) is 45.0 Å². The lowest BCUT2D eigenvalue weighted by atomic mass is 9.96. The maximum Gasteiger partial charge on any atom is 0.408 e. The molecule has 610 valence electrons. The lowest BCUT2D eigenvalue weighted by Crippen LogP contribution is -2.44. The molecule has 0 radical (unpaired) electrons. The summed E-state index contributed by atoms with van der Waals surface area (Å²) in [5, 5.41) is 65.1. The van der Waals surface area contributed by atoms with Crippen molar-refractivity contribution in [1.82, 2.24) is 37.2 Å². The highest BCUT2D eigenvalue weighted by Gasteiger charge is 2.30. The van der Waals surface area contributed by atoms with E-state index in [2.05, 4.69) is 46.9 Å². The monoisotopic (exact) mass is 1510 g/mol. The molecule has 1 aliphatic rings. The number of carboxylic acids is 2. The molecule has 36 heteroatoms. The number of aliphatic carboxylic acids is 2. The quantitative estimate of drug-likeness (QED) is 0.0238. The van der Waals surface area contributed by atoms with Crippen LogP contribution in [-0.2, 0) is 71.5 Å². The number of esters is 3. The maximum atomic E-state index is 13.0. The molecule has 0 aliphatic carbocycles. The molecule has 7 unspecified atom stereocenters. The smallest absolute Gasteiger partial charge is 0.408 e. The van der Waals surface area contributed by atoms with E-state index in [0.717, 1.165) is 19.3 Å². The number of hydrogen-bond acceptors (Lipinski definition) is 27. The number of rotatable bonds is 40. The third-order valence-corrected chi connectivity index (χ3v) is 13.9. The van der Waals surface area contributed by atoms with Crippen molar-refractivity contribution in [2.24, 2.45) is 33.8 Å². The Bertz CT molecular complexity index is 2640. The Hall–Kier alpha value is -7.77. The fourth-order valence-electron chi connectivity index (χ4n) is 8.65. The van der Waals surface area contributed by atoms with E-state index in [4.69, 9.17) is 61.6 Å². The highest BCUT2D eigenvalue weighted by Crippen LogP contribution is 2.19. The SMILES string of the molecule is CC(C)(C)OC(=O)NCC(O)CCC(NC(=O)OC(C)(C)C)C(=O)O.COC(=O)[C@@H](N)CCCCNC(=O)C(N)CCC(O)CN.COC(=O)[C@H](CCCCNC(=O)C(CCC(O)CNC(=O)OC(C)(C)C)CC(=O)OC(C)(C)C)NC(=O)OC(C)(C)C.N[C@@H](CCCCNC(=O)C1CCC=N1)C(=O)O. The van der Waals surface area contributed by atoms with E-state index in [0.29, 0.717) is 70.9 Å². The van der Waals surface area contributed by atoms with Crippen LogP contribution in [0.5, 0.6) is 0 Å². The van der Waals surface area contributed by atoms with Crippen LogP contribution < -0.4 is 60.2 Å². The number of ether oxygens (including phenoxy) is 7. The number of nitrogens with two attached hydrogens (primary N) is 4. The summed E-state index contributed by atoms with van der Waals surface area (Å²) in [6, 6.07) is -4.40. The van der Waals surface area contributed by atoms with Gasteiger partial charge in [0.25, 0.3) is 0 Å². The number of aliphatic hydroxyl groups is 3. The average Bonchev–Trinajstić information content (AvgIpc) is 1.25. The first-order valence-electron chi connectivity index (χ1n) is 35.5. The minimum atomic E-state index is -1.24. The van der Waals surface area contributed by atoms with Crippen molar-refractivity contribution in [2.75, 3.05) is 53.5 Å². The van der Waals surface area contributed by atoms with Crippen molar-refractivity contribution < 1.29 is 116 Å². The molecule has 0 saturated heterocycles. The van der Waals surface area contributed by atoms with Crippen LogP contribution in [0.3, 0.4) is 0 Å². The molecule has 0 aromatic carbocycles. The summed E-state index contributed by atoms with van der Waals surface area (Å²) in [6.07, 6.45) is 3.92. The molecule has 0 spiro atoms. The predicted octanol–water partition coefficient (Wildman–Crippen LogP) is 3.10. The van der Waals surface area contributed by atoms with Gasteiger partial charge >= 0.3 is 54.2 Å². The number of unbranched alkanes of at least 4 members (excludes halogenated alkanes) is 3. The van der Waals surface area contributed by atoms with E-state index in [1.165, 1.54) is 14.2 Å². The summed E-state index contributed by atoms with van der Waals surface area (Å²) >= 11 is 0. The third kappa shape index (κ3) is 60.1. The largest absolute Gasteiger partial charge is 0.480 e. The predicted molar refractivity (Wildman–Crippen MR) is 389 cm³/mol. The fraction of sp³-hybridized carbons (Fsp3) is 0.812. The second-order valence-corrected chi connectivity index (χ2v) is 29.9. The molecular weight excluding hydrogens is 1380 g/mol. The van der Waals surface area contributed by atoms with Gasteiger partial charge < -0.3 is 119 Å².